The lowest BCUT2D eigenvalue weighted by molar-refractivity contribution is -0.0144. The molecule has 0 amide bonds. The molecule has 0 aromatic carbocycles. The van der Waals surface area contributed by atoms with Gasteiger partial charge >= 0.3 is 0 Å². The Morgan fingerprint density at radius 2 is 1.31 bits per heavy atom. The maximum atomic E-state index is 6.34. The van der Waals surface area contributed by atoms with Crippen LogP contribution in [0.15, 0.2) is 0 Å². The monoisotopic (exact) mass is 181 g/mol. The van der Waals surface area contributed by atoms with Crippen molar-refractivity contribution in [3.63, 3.8) is 0 Å². The zero-order valence-electron chi connectivity index (χ0n) is 9.32. The summed E-state index contributed by atoms with van der Waals surface area (Å²) in [4.78, 5) is 0. The Bertz CT molecular complexity index is 193. The number of nitrogens with two attached hydrogens (primary N) is 1. The van der Waals surface area contributed by atoms with Crippen LogP contribution in [-0.2, 0) is 0 Å². The molecule has 1 nitrogen and oxygen atoms in total. The number of hydrogen-bond donors (Lipinski definition) is 1. The van der Waals surface area contributed by atoms with Crippen molar-refractivity contribution in [2.45, 2.75) is 64.8 Å². The Labute approximate surface area is 82.1 Å². The van der Waals surface area contributed by atoms with Crippen molar-refractivity contribution in [1.29, 1.82) is 0 Å². The zero-order valence-corrected chi connectivity index (χ0v) is 9.32. The van der Waals surface area contributed by atoms with Gasteiger partial charge in [-0.05, 0) is 49.9 Å². The first-order chi connectivity index (χ1) is 5.83. The van der Waals surface area contributed by atoms with Gasteiger partial charge in [-0.2, -0.15) is 0 Å². The summed E-state index contributed by atoms with van der Waals surface area (Å²) in [5.41, 5.74) is 7.54. The highest BCUT2D eigenvalue weighted by Gasteiger charge is 2.49. The predicted octanol–water partition coefficient (Wildman–Crippen LogP) is 3.08. The molecular weight excluding hydrogens is 158 g/mol. The second-order valence-corrected chi connectivity index (χ2v) is 6.66. The summed E-state index contributed by atoms with van der Waals surface area (Å²) in [5, 5.41) is 0. The maximum absolute atomic E-state index is 6.34. The standard InChI is InChI=1S/C12H23N/c1-10-5-4-6-11(2,7-10)9-12(3,13)8-10/h4-9,13H2,1-3H3. The second kappa shape index (κ2) is 2.50. The minimum absolute atomic E-state index is 0.0994. The van der Waals surface area contributed by atoms with Crippen molar-refractivity contribution in [3.8, 4) is 0 Å². The summed E-state index contributed by atoms with van der Waals surface area (Å²) in [7, 11) is 0. The molecule has 1 heteroatoms. The van der Waals surface area contributed by atoms with E-state index in [1.54, 1.807) is 0 Å². The summed E-state index contributed by atoms with van der Waals surface area (Å²) in [6.07, 6.45) is 8.09. The van der Waals surface area contributed by atoms with E-state index < -0.39 is 0 Å². The van der Waals surface area contributed by atoms with Gasteiger partial charge in [-0.15, -0.1) is 0 Å². The molecule has 2 unspecified atom stereocenters. The fourth-order valence-electron chi connectivity index (χ4n) is 4.46. The van der Waals surface area contributed by atoms with Crippen LogP contribution in [0.2, 0.25) is 0 Å². The molecule has 0 radical (unpaired) electrons. The van der Waals surface area contributed by atoms with Gasteiger partial charge in [0.2, 0.25) is 0 Å². The number of hydrogen-bond acceptors (Lipinski definition) is 1. The SMILES string of the molecule is CC1(N)CC2(C)CCCC(C)(C1)C2. The summed E-state index contributed by atoms with van der Waals surface area (Å²) in [6, 6.07) is 0. The van der Waals surface area contributed by atoms with Crippen LogP contribution in [0.1, 0.15) is 59.3 Å². The quantitative estimate of drug-likeness (QED) is 0.610. The molecule has 2 saturated carbocycles. The van der Waals surface area contributed by atoms with Gasteiger partial charge in [0.1, 0.15) is 0 Å². The number of fused-ring (bicyclic) bond motifs is 2. The summed E-state index contributed by atoms with van der Waals surface area (Å²) in [5.74, 6) is 0. The largest absolute Gasteiger partial charge is 0.325 e. The van der Waals surface area contributed by atoms with Crippen molar-refractivity contribution in [2.75, 3.05) is 0 Å². The fourth-order valence-corrected chi connectivity index (χ4v) is 4.46. The highest BCUT2D eigenvalue weighted by atomic mass is 14.8. The van der Waals surface area contributed by atoms with E-state index in [1.807, 2.05) is 0 Å². The van der Waals surface area contributed by atoms with Crippen molar-refractivity contribution >= 4 is 0 Å². The van der Waals surface area contributed by atoms with Crippen LogP contribution in [0, 0.1) is 10.8 Å². The Morgan fingerprint density at radius 3 is 1.77 bits per heavy atom. The van der Waals surface area contributed by atoms with E-state index in [2.05, 4.69) is 20.8 Å². The Kier molecular flexibility index (Phi) is 1.83. The molecular formula is C12H23N. The first-order valence-corrected chi connectivity index (χ1v) is 5.62. The van der Waals surface area contributed by atoms with Crippen LogP contribution >= 0.6 is 0 Å². The van der Waals surface area contributed by atoms with Crippen LogP contribution in [0.3, 0.4) is 0 Å². The van der Waals surface area contributed by atoms with Gasteiger partial charge in [0.15, 0.2) is 0 Å². The van der Waals surface area contributed by atoms with Gasteiger partial charge in [0, 0.05) is 5.54 Å². The molecule has 2 bridgehead atoms. The van der Waals surface area contributed by atoms with E-state index in [1.165, 1.54) is 38.5 Å². The molecule has 0 saturated heterocycles. The first kappa shape index (κ1) is 9.51. The van der Waals surface area contributed by atoms with E-state index in [9.17, 15) is 0 Å². The Morgan fingerprint density at radius 1 is 0.846 bits per heavy atom. The third kappa shape index (κ3) is 1.76. The minimum atomic E-state index is 0.0994. The topological polar surface area (TPSA) is 26.0 Å². The molecule has 0 spiro atoms. The third-order valence-electron chi connectivity index (χ3n) is 4.08. The first-order valence-electron chi connectivity index (χ1n) is 5.62. The van der Waals surface area contributed by atoms with Crippen LogP contribution < -0.4 is 5.73 Å². The van der Waals surface area contributed by atoms with Gasteiger partial charge < -0.3 is 5.73 Å². The molecule has 0 aliphatic heterocycles. The van der Waals surface area contributed by atoms with Gasteiger partial charge in [-0.25, -0.2) is 0 Å². The molecule has 0 aromatic heterocycles. The highest BCUT2D eigenvalue weighted by molar-refractivity contribution is 5.03. The van der Waals surface area contributed by atoms with E-state index in [0.717, 1.165) is 0 Å². The van der Waals surface area contributed by atoms with Crippen molar-refractivity contribution in [3.05, 3.63) is 0 Å². The lowest BCUT2D eigenvalue weighted by Crippen LogP contribution is -2.53. The van der Waals surface area contributed by atoms with Gasteiger partial charge in [0.05, 0.1) is 0 Å². The molecule has 2 rings (SSSR count). The highest BCUT2D eigenvalue weighted by Crippen LogP contribution is 2.57. The van der Waals surface area contributed by atoms with E-state index >= 15 is 0 Å². The minimum Gasteiger partial charge on any atom is -0.325 e. The zero-order chi connectivity index (χ0) is 9.74. The van der Waals surface area contributed by atoms with E-state index in [4.69, 9.17) is 5.73 Å². The Hall–Kier alpha value is -0.0400. The Balaban J connectivity index is 2.26. The molecule has 2 atom stereocenters. The summed E-state index contributed by atoms with van der Waals surface area (Å²) < 4.78 is 0. The molecule has 0 aromatic rings. The molecule has 13 heavy (non-hydrogen) atoms. The molecule has 2 N–H and O–H groups in total. The molecule has 2 fully saturated rings. The lowest BCUT2D eigenvalue weighted by atomic mass is 9.52. The lowest BCUT2D eigenvalue weighted by Gasteiger charge is -2.55. The fraction of sp³-hybridized carbons (Fsp3) is 1.00. The average molecular weight is 181 g/mol. The summed E-state index contributed by atoms with van der Waals surface area (Å²) in [6.45, 7) is 7.12. The molecule has 2 aliphatic rings. The van der Waals surface area contributed by atoms with Gasteiger partial charge in [0.25, 0.3) is 0 Å². The number of rotatable bonds is 0. The average Bonchev–Trinajstić information content (AvgIpc) is 1.76. The summed E-state index contributed by atoms with van der Waals surface area (Å²) >= 11 is 0. The third-order valence-corrected chi connectivity index (χ3v) is 4.08. The maximum Gasteiger partial charge on any atom is 0.0136 e. The van der Waals surface area contributed by atoms with E-state index in [0.29, 0.717) is 10.8 Å². The molecule has 76 valence electrons. The predicted molar refractivity (Wildman–Crippen MR) is 56.5 cm³/mol. The molecule has 0 heterocycles. The van der Waals surface area contributed by atoms with Crippen LogP contribution in [0.5, 0.6) is 0 Å². The van der Waals surface area contributed by atoms with Gasteiger partial charge in [-0.3, -0.25) is 0 Å². The van der Waals surface area contributed by atoms with Crippen molar-refractivity contribution in [1.82, 2.24) is 0 Å². The second-order valence-electron chi connectivity index (χ2n) is 6.66. The molecule has 2 aliphatic carbocycles. The smallest absolute Gasteiger partial charge is 0.0136 e. The van der Waals surface area contributed by atoms with Crippen LogP contribution in [0.4, 0.5) is 0 Å². The van der Waals surface area contributed by atoms with Crippen LogP contribution in [0.25, 0.3) is 0 Å². The van der Waals surface area contributed by atoms with Gasteiger partial charge in [-0.1, -0.05) is 20.3 Å². The van der Waals surface area contributed by atoms with Crippen LogP contribution in [-0.4, -0.2) is 5.54 Å². The van der Waals surface area contributed by atoms with Crippen molar-refractivity contribution < 1.29 is 0 Å². The normalized spacial score (nSPS) is 56.3. The van der Waals surface area contributed by atoms with E-state index in [-0.39, 0.29) is 5.54 Å². The van der Waals surface area contributed by atoms with Crippen molar-refractivity contribution in [2.24, 2.45) is 16.6 Å².